The predicted octanol–water partition coefficient (Wildman–Crippen LogP) is 5.68. The molecule has 0 aromatic rings. The molecule has 0 amide bonds. The van der Waals surface area contributed by atoms with Crippen LogP contribution in [0.5, 0.6) is 0 Å². The Labute approximate surface area is 395 Å². The number of aliphatic hydroxyl groups is 6. The number of hydrogen-bond donors (Lipinski definition) is 6. The summed E-state index contributed by atoms with van der Waals surface area (Å²) in [5, 5.41) is 69.8. The van der Waals surface area contributed by atoms with Crippen LogP contribution in [-0.4, -0.2) is 158 Å². The number of rotatable bonds is 7. The van der Waals surface area contributed by atoms with E-state index in [1.807, 2.05) is 34.9 Å². The van der Waals surface area contributed by atoms with Crippen LogP contribution in [-0.2, 0) is 38.0 Å². The van der Waals surface area contributed by atoms with Crippen LogP contribution < -0.4 is 0 Å². The molecular weight excluding hydrogens is 851 g/mol. The number of esters is 1. The van der Waals surface area contributed by atoms with Crippen molar-refractivity contribution in [3.63, 3.8) is 0 Å². The molecule has 5 rings (SSSR count). The van der Waals surface area contributed by atoms with Crippen molar-refractivity contribution >= 4 is 5.97 Å². The van der Waals surface area contributed by atoms with Crippen LogP contribution >= 0.6 is 0 Å². The molecule has 5 aliphatic heterocycles. The van der Waals surface area contributed by atoms with Gasteiger partial charge in [0.1, 0.15) is 23.9 Å². The van der Waals surface area contributed by atoms with E-state index in [-0.39, 0.29) is 48.8 Å². The van der Waals surface area contributed by atoms with Crippen molar-refractivity contribution in [3.05, 3.63) is 24.3 Å². The van der Waals surface area contributed by atoms with E-state index >= 15 is 0 Å². The van der Waals surface area contributed by atoms with Gasteiger partial charge in [0.15, 0.2) is 17.9 Å². The zero-order chi connectivity index (χ0) is 49.0. The Kier molecular flexibility index (Phi) is 19.0. The lowest BCUT2D eigenvalue weighted by Crippen LogP contribution is -2.59. The lowest BCUT2D eigenvalue weighted by molar-refractivity contribution is -0.360. The van der Waals surface area contributed by atoms with E-state index in [1.54, 1.807) is 7.11 Å². The molecule has 19 atom stereocenters. The molecule has 2 bridgehead atoms. The predicted molar refractivity (Wildman–Crippen MR) is 249 cm³/mol. The minimum Gasteiger partial charge on any atom is -0.459 e. The molecule has 0 aliphatic carbocycles. The van der Waals surface area contributed by atoms with Gasteiger partial charge in [0, 0.05) is 56.2 Å². The topological polar surface area (TPSA) is 206 Å². The maximum atomic E-state index is 13.9. The maximum absolute atomic E-state index is 13.9. The van der Waals surface area contributed by atoms with E-state index in [0.717, 1.165) is 44.3 Å². The van der Waals surface area contributed by atoms with Gasteiger partial charge in [0.25, 0.3) is 0 Å². The standard InChI is InChI=1S/C51H89NO14/c1-13-36(53)27-38-31(2)22-26-50(64-38)29-39-32(3)40(65-50)30-51(60-12)35(28-47(6,7)66-51)19-17-15-14-16-18-24-48(8,58)46(57)44(63-42-21-20-37(52(10)11)34(5)61-42)43(55)33(4)45(56)49(9,59)25-23-41(54)62-39/h17,19,23,25,31-40,42-46,53,55-59H,13-16,18,20-22,24,26-30H2,1-12H3. The number of methoxy groups -OCH3 is 1. The van der Waals surface area contributed by atoms with Crippen LogP contribution in [0, 0.1) is 23.7 Å². The average Bonchev–Trinajstić information content (AvgIpc) is 3.51. The molecule has 19 unspecified atom stereocenters. The highest BCUT2D eigenvalue weighted by Crippen LogP contribution is 2.51. The number of carbonyl (C=O) groups is 1. The van der Waals surface area contributed by atoms with Crippen LogP contribution in [0.1, 0.15) is 152 Å². The van der Waals surface area contributed by atoms with Gasteiger partial charge in [0.05, 0.1) is 47.8 Å². The van der Waals surface area contributed by atoms with Crippen molar-refractivity contribution in [3.8, 4) is 0 Å². The van der Waals surface area contributed by atoms with Crippen LogP contribution in [0.25, 0.3) is 0 Å². The minimum absolute atomic E-state index is 0.133. The molecular formula is C51H89NO14. The van der Waals surface area contributed by atoms with Gasteiger partial charge >= 0.3 is 5.97 Å². The van der Waals surface area contributed by atoms with Crippen LogP contribution in [0.15, 0.2) is 24.3 Å². The van der Waals surface area contributed by atoms with Gasteiger partial charge in [-0.1, -0.05) is 52.7 Å². The van der Waals surface area contributed by atoms with Gasteiger partial charge in [-0.15, -0.1) is 0 Å². The number of aliphatic hydroxyl groups excluding tert-OH is 4. The highest BCUT2D eigenvalue weighted by atomic mass is 16.7. The van der Waals surface area contributed by atoms with Gasteiger partial charge in [0.2, 0.25) is 0 Å². The molecule has 4 fully saturated rings. The fraction of sp³-hybridized carbons (Fsp3) is 0.902. The Hall–Kier alpha value is -1.57. The highest BCUT2D eigenvalue weighted by Gasteiger charge is 2.58. The first kappa shape index (κ1) is 55.4. The summed E-state index contributed by atoms with van der Waals surface area (Å²) in [5.74, 6) is -4.40. The molecule has 0 aromatic carbocycles. The summed E-state index contributed by atoms with van der Waals surface area (Å²) < 4.78 is 46.0. The highest BCUT2D eigenvalue weighted by molar-refractivity contribution is 5.82. The zero-order valence-electron chi connectivity index (χ0n) is 42.3. The first-order chi connectivity index (χ1) is 30.8. The smallest absolute Gasteiger partial charge is 0.330 e. The first-order valence-electron chi connectivity index (χ1n) is 25.1. The normalized spacial score (nSPS) is 46.4. The van der Waals surface area contributed by atoms with Crippen molar-refractivity contribution in [2.24, 2.45) is 23.7 Å². The second-order valence-electron chi connectivity index (χ2n) is 22.1. The van der Waals surface area contributed by atoms with Gasteiger partial charge in [-0.25, -0.2) is 4.79 Å². The lowest BCUT2D eigenvalue weighted by atomic mass is 9.79. The van der Waals surface area contributed by atoms with Crippen molar-refractivity contribution < 1.29 is 68.6 Å². The molecule has 5 heterocycles. The molecule has 5 aliphatic rings. The summed E-state index contributed by atoms with van der Waals surface area (Å²) in [6, 6.07) is 0.133. The Morgan fingerprint density at radius 3 is 2.24 bits per heavy atom. The quantitative estimate of drug-likeness (QED) is 0.134. The molecule has 1 spiro atoms. The zero-order valence-corrected chi connectivity index (χ0v) is 42.3. The molecule has 0 aromatic heterocycles. The van der Waals surface area contributed by atoms with Crippen LogP contribution in [0.2, 0.25) is 0 Å². The van der Waals surface area contributed by atoms with Gasteiger partial charge in [-0.3, -0.25) is 0 Å². The van der Waals surface area contributed by atoms with E-state index in [9.17, 15) is 35.4 Å². The van der Waals surface area contributed by atoms with Crippen LogP contribution in [0.3, 0.4) is 0 Å². The third-order valence-electron chi connectivity index (χ3n) is 15.8. The summed E-state index contributed by atoms with van der Waals surface area (Å²) in [7, 11) is 5.61. The third-order valence-corrected chi connectivity index (χ3v) is 15.8. The van der Waals surface area contributed by atoms with Gasteiger partial charge in [-0.05, 0) is 118 Å². The fourth-order valence-electron chi connectivity index (χ4n) is 11.3. The Morgan fingerprint density at radius 1 is 0.879 bits per heavy atom. The Balaban J connectivity index is 1.48. The number of hydrogen-bond acceptors (Lipinski definition) is 15. The SMILES string of the molecule is CCC(O)CC1OC2(CCC1C)CC1OC(=O)C=CC(C)(O)C(O)C(C)C(O)C(OC3CCC(N(C)C)C(C)O3)C(O)C(C)(O)CCCCCC=CC3CC(C)(C)OC3(OC)CC(O2)C1C. The lowest BCUT2D eigenvalue weighted by Gasteiger charge is -2.53. The van der Waals surface area contributed by atoms with Crippen molar-refractivity contribution in [2.75, 3.05) is 21.2 Å². The molecule has 6 N–H and O–H groups in total. The number of ether oxygens (including phenoxy) is 7. The summed E-state index contributed by atoms with van der Waals surface area (Å²) in [5.41, 5.74) is -4.28. The fourth-order valence-corrected chi connectivity index (χ4v) is 11.3. The number of allylic oxidation sites excluding steroid dienone is 1. The van der Waals surface area contributed by atoms with Crippen molar-refractivity contribution in [1.82, 2.24) is 4.90 Å². The number of carbonyl (C=O) groups excluding carboxylic acids is 1. The third kappa shape index (κ3) is 13.4. The number of fused-ring (bicyclic) bond motifs is 3. The van der Waals surface area contributed by atoms with E-state index in [0.29, 0.717) is 44.9 Å². The second-order valence-corrected chi connectivity index (χ2v) is 22.1. The molecule has 382 valence electrons. The van der Waals surface area contributed by atoms with E-state index in [1.165, 1.54) is 20.8 Å². The monoisotopic (exact) mass is 940 g/mol. The Morgan fingerprint density at radius 2 is 1.59 bits per heavy atom. The van der Waals surface area contributed by atoms with E-state index < -0.39 is 89.3 Å². The Bertz CT molecular complexity index is 1600. The summed E-state index contributed by atoms with van der Waals surface area (Å²) in [6.45, 7) is 16.4. The number of likely N-dealkylation sites (N-methyl/N-ethyl adjacent to an activating group) is 1. The summed E-state index contributed by atoms with van der Waals surface area (Å²) >= 11 is 0. The molecule has 15 heteroatoms. The summed E-state index contributed by atoms with van der Waals surface area (Å²) in [4.78, 5) is 16.0. The largest absolute Gasteiger partial charge is 0.459 e. The van der Waals surface area contributed by atoms with Crippen LogP contribution in [0.4, 0.5) is 0 Å². The van der Waals surface area contributed by atoms with Crippen molar-refractivity contribution in [2.45, 2.75) is 248 Å². The minimum atomic E-state index is -2.07. The maximum Gasteiger partial charge on any atom is 0.330 e. The van der Waals surface area contributed by atoms with E-state index in [4.69, 9.17) is 33.2 Å². The van der Waals surface area contributed by atoms with Gasteiger partial charge < -0.3 is 68.7 Å². The van der Waals surface area contributed by atoms with Gasteiger partial charge in [-0.2, -0.15) is 0 Å². The molecule has 0 radical (unpaired) electrons. The molecule has 4 saturated heterocycles. The molecule has 15 nitrogen and oxygen atoms in total. The molecule has 0 saturated carbocycles. The number of nitrogens with zero attached hydrogens (tertiary/aromatic N) is 1. The second kappa shape index (κ2) is 22.7. The van der Waals surface area contributed by atoms with Crippen molar-refractivity contribution in [1.29, 1.82) is 0 Å². The molecule has 66 heavy (non-hydrogen) atoms. The summed E-state index contributed by atoms with van der Waals surface area (Å²) in [6.07, 6.45) is 5.13. The van der Waals surface area contributed by atoms with E-state index in [2.05, 4.69) is 37.8 Å². The average molecular weight is 940 g/mol. The first-order valence-corrected chi connectivity index (χ1v) is 25.1.